The third kappa shape index (κ3) is 4.85. The maximum absolute atomic E-state index is 12.3. The van der Waals surface area contributed by atoms with Gasteiger partial charge in [-0.25, -0.2) is 0 Å². The summed E-state index contributed by atoms with van der Waals surface area (Å²) in [4.78, 5) is 34.6. The molecule has 0 fully saturated rings. The third-order valence-corrected chi connectivity index (χ3v) is 4.20. The molecule has 2 N–H and O–H groups in total. The van der Waals surface area contributed by atoms with Crippen molar-refractivity contribution in [1.29, 1.82) is 0 Å². The van der Waals surface area contributed by atoms with E-state index in [1.165, 1.54) is 31.0 Å². The molecule has 0 saturated carbocycles. The number of carbonyl (C=O) groups excluding carboxylic acids is 1. The molecule has 1 aromatic rings. The van der Waals surface area contributed by atoms with Crippen LogP contribution in [0.1, 0.15) is 30.1 Å². The van der Waals surface area contributed by atoms with Crippen LogP contribution >= 0.6 is 11.8 Å². The van der Waals surface area contributed by atoms with E-state index in [4.69, 9.17) is 9.84 Å². The van der Waals surface area contributed by atoms with E-state index in [2.05, 4.69) is 5.32 Å². The number of carbonyl (C=O) groups is 2. The molecule has 0 spiro atoms. The lowest BCUT2D eigenvalue weighted by Crippen LogP contribution is -2.33. The number of benzene rings is 1. The number of nitrogens with one attached hydrogen (secondary N) is 1. The molecule has 8 nitrogen and oxygen atoms in total. The number of carboxylic acids is 1. The molecule has 0 aromatic heterocycles. The summed E-state index contributed by atoms with van der Waals surface area (Å²) in [6, 6.07) is 2.58. The quantitative estimate of drug-likeness (QED) is 0.396. The molecule has 24 heavy (non-hydrogen) atoms. The first-order valence-corrected chi connectivity index (χ1v) is 8.49. The summed E-state index contributed by atoms with van der Waals surface area (Å²) in [5.74, 6) is -2.11. The fourth-order valence-electron chi connectivity index (χ4n) is 2.17. The molecule has 0 aliphatic rings. The average molecular weight is 356 g/mol. The fraction of sp³-hybridized carbons (Fsp3) is 0.467. The zero-order valence-corrected chi connectivity index (χ0v) is 14.5. The van der Waals surface area contributed by atoms with Gasteiger partial charge in [0, 0.05) is 6.54 Å². The van der Waals surface area contributed by atoms with Gasteiger partial charge >= 0.3 is 5.97 Å². The number of nitrogens with zero attached hydrogens (tertiary/aromatic N) is 1. The maximum Gasteiger partial charge on any atom is 0.308 e. The van der Waals surface area contributed by atoms with Crippen LogP contribution in [-0.2, 0) is 4.79 Å². The van der Waals surface area contributed by atoms with E-state index in [-0.39, 0.29) is 17.8 Å². The molecular formula is C15H20N2O6S. The monoisotopic (exact) mass is 356 g/mol. The Kier molecular flexibility index (Phi) is 7.50. The maximum atomic E-state index is 12.3. The van der Waals surface area contributed by atoms with E-state index >= 15 is 0 Å². The van der Waals surface area contributed by atoms with Crippen molar-refractivity contribution >= 4 is 29.3 Å². The van der Waals surface area contributed by atoms with Crippen molar-refractivity contribution in [3.05, 3.63) is 27.8 Å². The van der Waals surface area contributed by atoms with Gasteiger partial charge in [-0.2, -0.15) is 0 Å². The second-order valence-corrected chi connectivity index (χ2v) is 5.86. The predicted octanol–water partition coefficient (Wildman–Crippen LogP) is 2.56. The van der Waals surface area contributed by atoms with Crippen LogP contribution < -0.4 is 10.1 Å². The molecule has 0 radical (unpaired) electrons. The van der Waals surface area contributed by atoms with Crippen LogP contribution in [0.3, 0.4) is 0 Å². The molecule has 1 aromatic carbocycles. The molecule has 1 atom stereocenters. The number of rotatable bonds is 9. The molecule has 9 heteroatoms. The van der Waals surface area contributed by atoms with Crippen molar-refractivity contribution in [2.75, 3.05) is 19.9 Å². The van der Waals surface area contributed by atoms with Gasteiger partial charge in [-0.1, -0.05) is 13.3 Å². The highest BCUT2D eigenvalue weighted by Gasteiger charge is 2.25. The Morgan fingerprint density at radius 2 is 2.12 bits per heavy atom. The number of thioether (sulfide) groups is 1. The zero-order valence-electron chi connectivity index (χ0n) is 13.7. The highest BCUT2D eigenvalue weighted by Crippen LogP contribution is 2.34. The van der Waals surface area contributed by atoms with Crippen LogP contribution in [0, 0.1) is 16.0 Å². The van der Waals surface area contributed by atoms with Crippen molar-refractivity contribution in [2.24, 2.45) is 5.92 Å². The summed E-state index contributed by atoms with van der Waals surface area (Å²) >= 11 is 1.29. The van der Waals surface area contributed by atoms with Gasteiger partial charge in [0.25, 0.3) is 11.6 Å². The Morgan fingerprint density at radius 3 is 2.58 bits per heavy atom. The van der Waals surface area contributed by atoms with Gasteiger partial charge in [0.1, 0.15) is 11.3 Å². The average Bonchev–Trinajstić information content (AvgIpc) is 2.56. The minimum atomic E-state index is -1.01. The number of hydrogen-bond acceptors (Lipinski definition) is 6. The van der Waals surface area contributed by atoms with Crippen molar-refractivity contribution in [3.8, 4) is 5.75 Å². The largest absolute Gasteiger partial charge is 0.495 e. The molecule has 0 bridgehead atoms. The molecule has 1 amide bonds. The van der Waals surface area contributed by atoms with Crippen LogP contribution in [0.5, 0.6) is 5.75 Å². The number of nitro groups is 1. The number of carboxylic acid groups (broad SMARTS) is 1. The van der Waals surface area contributed by atoms with Crippen LogP contribution in [0.15, 0.2) is 17.0 Å². The van der Waals surface area contributed by atoms with Crippen molar-refractivity contribution in [3.63, 3.8) is 0 Å². The predicted molar refractivity (Wildman–Crippen MR) is 89.8 cm³/mol. The summed E-state index contributed by atoms with van der Waals surface area (Å²) in [6.45, 7) is 1.76. The molecular weight excluding hydrogens is 336 g/mol. The van der Waals surface area contributed by atoms with Crippen molar-refractivity contribution in [1.82, 2.24) is 5.32 Å². The van der Waals surface area contributed by atoms with Crippen molar-refractivity contribution < 1.29 is 24.4 Å². The number of aliphatic carboxylic acids is 1. The lowest BCUT2D eigenvalue weighted by atomic mass is 10.0. The second-order valence-electron chi connectivity index (χ2n) is 5.02. The minimum Gasteiger partial charge on any atom is -0.495 e. The van der Waals surface area contributed by atoms with E-state index < -0.39 is 22.7 Å². The van der Waals surface area contributed by atoms with E-state index in [9.17, 15) is 19.7 Å². The lowest BCUT2D eigenvalue weighted by Gasteiger charge is -2.13. The summed E-state index contributed by atoms with van der Waals surface area (Å²) in [6.07, 6.45) is 2.83. The van der Waals surface area contributed by atoms with Crippen LogP contribution in [0.25, 0.3) is 0 Å². The Morgan fingerprint density at radius 1 is 1.46 bits per heavy atom. The number of hydrogen-bond donors (Lipinski definition) is 2. The van der Waals surface area contributed by atoms with Crippen molar-refractivity contribution in [2.45, 2.75) is 24.7 Å². The topological polar surface area (TPSA) is 119 Å². The molecule has 0 aliphatic heterocycles. The van der Waals surface area contributed by atoms with Gasteiger partial charge in [-0.3, -0.25) is 19.7 Å². The molecule has 0 aliphatic carbocycles. The number of nitro benzene ring substituents is 1. The van der Waals surface area contributed by atoms with Crippen LogP contribution in [0.2, 0.25) is 0 Å². The Hall–Kier alpha value is -2.29. The van der Waals surface area contributed by atoms with E-state index in [0.29, 0.717) is 23.5 Å². The highest BCUT2D eigenvalue weighted by atomic mass is 32.2. The molecule has 0 heterocycles. The SMILES string of the molecule is CCCC(CNC(=O)c1cc(SC)c(OC)cc1[N+](=O)[O-])C(=O)O. The number of ether oxygens (including phenoxy) is 1. The summed E-state index contributed by atoms with van der Waals surface area (Å²) in [7, 11) is 1.39. The highest BCUT2D eigenvalue weighted by molar-refractivity contribution is 7.98. The standard InChI is InChI=1S/C15H20N2O6S/c1-4-5-9(15(19)20)8-16-14(18)10-6-13(24-3)12(23-2)7-11(10)17(21)22/h6-7,9H,4-5,8H2,1-3H3,(H,16,18)(H,19,20). The summed E-state index contributed by atoms with van der Waals surface area (Å²) in [5, 5.41) is 22.8. The summed E-state index contributed by atoms with van der Waals surface area (Å²) in [5.41, 5.74) is -0.504. The first-order valence-electron chi connectivity index (χ1n) is 7.27. The van der Waals surface area contributed by atoms with Crippen LogP contribution in [-0.4, -0.2) is 41.8 Å². The van der Waals surface area contributed by atoms with Gasteiger partial charge in [0.2, 0.25) is 0 Å². The molecule has 1 unspecified atom stereocenters. The normalized spacial score (nSPS) is 11.6. The van der Waals surface area contributed by atoms with Gasteiger partial charge in [-0.05, 0) is 18.7 Å². The first kappa shape index (κ1) is 19.8. The van der Waals surface area contributed by atoms with Gasteiger partial charge in [0.15, 0.2) is 0 Å². The second kappa shape index (κ2) is 9.11. The Labute approximate surface area is 143 Å². The fourth-order valence-corrected chi connectivity index (χ4v) is 2.75. The Bertz CT molecular complexity index is 635. The first-order chi connectivity index (χ1) is 11.3. The van der Waals surface area contributed by atoms with E-state index in [1.807, 2.05) is 6.92 Å². The van der Waals surface area contributed by atoms with Gasteiger partial charge < -0.3 is 15.2 Å². The van der Waals surface area contributed by atoms with E-state index in [0.717, 1.165) is 0 Å². The molecule has 0 saturated heterocycles. The number of methoxy groups -OCH3 is 1. The Balaban J connectivity index is 3.08. The summed E-state index contributed by atoms with van der Waals surface area (Å²) < 4.78 is 5.09. The third-order valence-electron chi connectivity index (χ3n) is 3.44. The minimum absolute atomic E-state index is 0.0835. The molecule has 1 rings (SSSR count). The zero-order chi connectivity index (χ0) is 18.3. The van der Waals surface area contributed by atoms with Gasteiger partial charge in [-0.15, -0.1) is 11.8 Å². The number of amides is 1. The van der Waals surface area contributed by atoms with E-state index in [1.54, 1.807) is 6.26 Å². The lowest BCUT2D eigenvalue weighted by molar-refractivity contribution is -0.385. The van der Waals surface area contributed by atoms with Crippen LogP contribution in [0.4, 0.5) is 5.69 Å². The molecule has 132 valence electrons. The smallest absolute Gasteiger partial charge is 0.308 e. The van der Waals surface area contributed by atoms with Gasteiger partial charge in [0.05, 0.1) is 28.9 Å².